The predicted molar refractivity (Wildman–Crippen MR) is 120 cm³/mol. The Kier molecular flexibility index (Phi) is 8.77. The van der Waals surface area contributed by atoms with Crippen LogP contribution in [0.15, 0.2) is 9.42 Å². The van der Waals surface area contributed by atoms with Gasteiger partial charge in [0.1, 0.15) is 0 Å². The third-order valence-electron chi connectivity index (χ3n) is 7.07. The highest BCUT2D eigenvalue weighted by molar-refractivity contribution is 8.00. The van der Waals surface area contributed by atoms with Gasteiger partial charge in [-0.3, -0.25) is 0 Å². The number of nitrogens with zero attached hydrogens (tertiary/aromatic N) is 1. The topological polar surface area (TPSA) is 38.1 Å². The van der Waals surface area contributed by atoms with E-state index in [0.717, 1.165) is 41.0 Å². The van der Waals surface area contributed by atoms with Crippen LogP contribution in [0.25, 0.3) is 0 Å². The number of hydrogen-bond acceptors (Lipinski definition) is 4. The van der Waals surface area contributed by atoms with Gasteiger partial charge in [-0.2, -0.15) is 0 Å². The smallest absolute Gasteiger partial charge is 0.164 e. The van der Waals surface area contributed by atoms with Gasteiger partial charge in [-0.15, -0.1) is 11.8 Å². The van der Waals surface area contributed by atoms with Crippen LogP contribution in [0.3, 0.4) is 0 Å². The number of hydrogen-bond donors (Lipinski definition) is 1. The van der Waals surface area contributed by atoms with E-state index in [0.29, 0.717) is 6.04 Å². The number of nitrogens with one attached hydrogen (secondary N) is 1. The van der Waals surface area contributed by atoms with Crippen LogP contribution in [-0.2, 0) is 6.54 Å². The molecule has 1 aromatic heterocycles. The lowest BCUT2D eigenvalue weighted by molar-refractivity contribution is 0.304. The molecular weight excluding hydrogens is 364 g/mol. The van der Waals surface area contributed by atoms with Crippen LogP contribution in [0.5, 0.6) is 0 Å². The van der Waals surface area contributed by atoms with Gasteiger partial charge < -0.3 is 9.84 Å². The van der Waals surface area contributed by atoms with Gasteiger partial charge in [0.15, 0.2) is 5.76 Å². The van der Waals surface area contributed by atoms with Gasteiger partial charge >= 0.3 is 0 Å². The Morgan fingerprint density at radius 2 is 1.93 bits per heavy atom. The summed E-state index contributed by atoms with van der Waals surface area (Å²) in [6, 6.07) is 0.615. The third-order valence-corrected chi connectivity index (χ3v) is 8.63. The molecule has 0 saturated heterocycles. The second kappa shape index (κ2) is 11.1. The van der Waals surface area contributed by atoms with Crippen molar-refractivity contribution in [3.05, 3.63) is 11.5 Å². The highest BCUT2D eigenvalue weighted by atomic mass is 32.2. The first-order valence-electron chi connectivity index (χ1n) is 11.9. The van der Waals surface area contributed by atoms with Gasteiger partial charge in [-0.25, -0.2) is 0 Å². The lowest BCUT2D eigenvalue weighted by Crippen LogP contribution is -2.31. The molecule has 1 N–H and O–H groups in total. The van der Waals surface area contributed by atoms with E-state index < -0.39 is 0 Å². The molecule has 3 nitrogen and oxygen atoms in total. The molecule has 0 aliphatic heterocycles. The standard InChI is InChI=1S/C24H42N2OS/c1-5-17(2)13-20-12-11-18(3)14-21(15-20)25-16-23-24(19(4)26-27-23)28-22-9-7-6-8-10-22/h17-18,20-22,25H,5-16H2,1-4H3. The second-order valence-electron chi connectivity index (χ2n) is 9.75. The van der Waals surface area contributed by atoms with Crippen molar-refractivity contribution in [3.8, 4) is 0 Å². The Morgan fingerprint density at radius 3 is 2.68 bits per heavy atom. The normalized spacial score (nSPS) is 28.2. The van der Waals surface area contributed by atoms with Gasteiger partial charge in [0.05, 0.1) is 17.1 Å². The van der Waals surface area contributed by atoms with Gasteiger partial charge in [0, 0.05) is 11.3 Å². The zero-order valence-corrected chi connectivity index (χ0v) is 19.5. The van der Waals surface area contributed by atoms with Crippen molar-refractivity contribution in [2.24, 2.45) is 17.8 Å². The fraction of sp³-hybridized carbons (Fsp3) is 0.875. The average molecular weight is 407 g/mol. The quantitative estimate of drug-likeness (QED) is 0.466. The van der Waals surface area contributed by atoms with E-state index >= 15 is 0 Å². The van der Waals surface area contributed by atoms with Crippen molar-refractivity contribution < 1.29 is 4.52 Å². The van der Waals surface area contributed by atoms with E-state index in [4.69, 9.17) is 4.52 Å². The summed E-state index contributed by atoms with van der Waals surface area (Å²) in [7, 11) is 0. The summed E-state index contributed by atoms with van der Waals surface area (Å²) in [4.78, 5) is 1.32. The van der Waals surface area contributed by atoms with Crippen molar-refractivity contribution in [1.82, 2.24) is 10.5 Å². The summed E-state index contributed by atoms with van der Waals surface area (Å²) >= 11 is 2.03. The molecule has 3 rings (SSSR count). The van der Waals surface area contributed by atoms with Gasteiger partial charge in [-0.05, 0) is 56.8 Å². The average Bonchev–Trinajstić information content (AvgIpc) is 2.93. The molecule has 0 radical (unpaired) electrons. The monoisotopic (exact) mass is 406 g/mol. The Labute approximate surface area is 177 Å². The fourth-order valence-corrected chi connectivity index (χ4v) is 6.47. The predicted octanol–water partition coefficient (Wildman–Crippen LogP) is 7.13. The van der Waals surface area contributed by atoms with Crippen LogP contribution in [0.1, 0.15) is 103 Å². The Bertz CT molecular complexity index is 581. The molecular formula is C24H42N2OS. The molecule has 0 spiro atoms. The van der Waals surface area contributed by atoms with Crippen molar-refractivity contribution in [2.45, 2.75) is 121 Å². The zero-order valence-electron chi connectivity index (χ0n) is 18.6. The summed E-state index contributed by atoms with van der Waals surface area (Å²) in [5.41, 5.74) is 1.08. The highest BCUT2D eigenvalue weighted by Gasteiger charge is 2.26. The molecule has 0 aromatic carbocycles. The lowest BCUT2D eigenvalue weighted by Gasteiger charge is -2.24. The summed E-state index contributed by atoms with van der Waals surface area (Å²) in [6.07, 6.45) is 15.0. The van der Waals surface area contributed by atoms with Crippen LogP contribution in [0.2, 0.25) is 0 Å². The van der Waals surface area contributed by atoms with Crippen molar-refractivity contribution in [1.29, 1.82) is 0 Å². The van der Waals surface area contributed by atoms with Crippen LogP contribution in [-0.4, -0.2) is 16.4 Å². The molecule has 4 atom stereocenters. The van der Waals surface area contributed by atoms with Crippen molar-refractivity contribution in [2.75, 3.05) is 0 Å². The molecule has 160 valence electrons. The second-order valence-corrected chi connectivity index (χ2v) is 11.1. The summed E-state index contributed by atoms with van der Waals surface area (Å²) in [5, 5.41) is 8.94. The molecule has 28 heavy (non-hydrogen) atoms. The van der Waals surface area contributed by atoms with Gasteiger partial charge in [0.2, 0.25) is 0 Å². The van der Waals surface area contributed by atoms with E-state index in [2.05, 4.69) is 38.2 Å². The molecule has 2 aliphatic carbocycles. The maximum Gasteiger partial charge on any atom is 0.164 e. The summed E-state index contributed by atoms with van der Waals surface area (Å²) < 4.78 is 5.76. The Morgan fingerprint density at radius 1 is 1.14 bits per heavy atom. The van der Waals surface area contributed by atoms with E-state index in [1.807, 2.05) is 11.8 Å². The minimum atomic E-state index is 0.615. The Balaban J connectivity index is 1.57. The SMILES string of the molecule is CCC(C)CC1CCC(C)CC(NCc2onc(C)c2SC2CCCCC2)C1. The van der Waals surface area contributed by atoms with Crippen LogP contribution < -0.4 is 5.32 Å². The molecule has 1 heterocycles. The molecule has 1 aromatic rings. The maximum absolute atomic E-state index is 5.76. The van der Waals surface area contributed by atoms with E-state index in [1.54, 1.807) is 0 Å². The molecule has 0 bridgehead atoms. The summed E-state index contributed by atoms with van der Waals surface area (Å²) in [5.74, 6) is 3.63. The lowest BCUT2D eigenvalue weighted by atomic mass is 9.87. The first-order chi connectivity index (χ1) is 13.5. The van der Waals surface area contributed by atoms with Crippen LogP contribution in [0.4, 0.5) is 0 Å². The summed E-state index contributed by atoms with van der Waals surface area (Å²) in [6.45, 7) is 10.1. The fourth-order valence-electron chi connectivity index (χ4n) is 5.12. The van der Waals surface area contributed by atoms with Crippen LogP contribution >= 0.6 is 11.8 Å². The van der Waals surface area contributed by atoms with E-state index in [9.17, 15) is 0 Å². The zero-order chi connectivity index (χ0) is 19.9. The molecule has 0 amide bonds. The molecule has 4 heteroatoms. The maximum atomic E-state index is 5.76. The van der Waals surface area contributed by atoms with E-state index in [-0.39, 0.29) is 0 Å². The molecule has 2 aliphatic rings. The first kappa shape index (κ1) is 22.2. The molecule has 2 saturated carbocycles. The number of thioether (sulfide) groups is 1. The minimum Gasteiger partial charge on any atom is -0.359 e. The van der Waals surface area contributed by atoms with E-state index in [1.165, 1.54) is 75.5 Å². The number of aromatic nitrogens is 1. The minimum absolute atomic E-state index is 0.615. The Hall–Kier alpha value is -0.480. The molecule has 4 unspecified atom stereocenters. The van der Waals surface area contributed by atoms with Crippen molar-refractivity contribution >= 4 is 11.8 Å². The van der Waals surface area contributed by atoms with Gasteiger partial charge in [-0.1, -0.05) is 64.5 Å². The molecule has 2 fully saturated rings. The van der Waals surface area contributed by atoms with Gasteiger partial charge in [0.25, 0.3) is 0 Å². The van der Waals surface area contributed by atoms with Crippen LogP contribution in [0, 0.1) is 24.7 Å². The third kappa shape index (κ3) is 6.52. The highest BCUT2D eigenvalue weighted by Crippen LogP contribution is 2.37. The number of aryl methyl sites for hydroxylation is 1. The van der Waals surface area contributed by atoms with Crippen molar-refractivity contribution in [3.63, 3.8) is 0 Å². The largest absolute Gasteiger partial charge is 0.359 e. The number of rotatable bonds is 8. The first-order valence-corrected chi connectivity index (χ1v) is 12.8.